The van der Waals surface area contributed by atoms with Crippen molar-refractivity contribution in [3.8, 4) is 0 Å². The van der Waals surface area contributed by atoms with Crippen LogP contribution in [0.3, 0.4) is 0 Å². The molecule has 3 rings (SSSR count). The number of hydrogen-bond acceptors (Lipinski definition) is 4. The molecule has 3 heterocycles. The second-order valence-corrected chi connectivity index (χ2v) is 7.79. The summed E-state index contributed by atoms with van der Waals surface area (Å²) in [5.41, 5.74) is -0.0102. The van der Waals surface area contributed by atoms with Crippen LogP contribution in [-0.2, 0) is 4.79 Å². The van der Waals surface area contributed by atoms with Crippen LogP contribution in [0, 0.1) is 0 Å². The Kier molecular flexibility index (Phi) is 5.42. The topological polar surface area (TPSA) is 47.6 Å². The molecule has 7 heteroatoms. The maximum absolute atomic E-state index is 13.3. The lowest BCUT2D eigenvalue weighted by Crippen LogP contribution is -2.62. The molecule has 3 aliphatic heterocycles. The summed E-state index contributed by atoms with van der Waals surface area (Å²) >= 11 is 0. The summed E-state index contributed by atoms with van der Waals surface area (Å²) in [6.07, 6.45) is 5.36. The maximum atomic E-state index is 13.3. The fraction of sp³-hybridized carbons (Fsp3) is 0.941. The lowest BCUT2D eigenvalue weighted by Gasteiger charge is -2.50. The van der Waals surface area contributed by atoms with E-state index in [9.17, 15) is 13.6 Å². The first-order valence-electron chi connectivity index (χ1n) is 9.23. The molecule has 0 saturated carbocycles. The zero-order valence-corrected chi connectivity index (χ0v) is 14.6. The Hall–Kier alpha value is -0.790. The monoisotopic (exact) mass is 344 g/mol. The van der Waals surface area contributed by atoms with Crippen LogP contribution in [0.1, 0.15) is 38.5 Å². The lowest BCUT2D eigenvalue weighted by atomic mass is 9.84. The Morgan fingerprint density at radius 2 is 1.83 bits per heavy atom. The lowest BCUT2D eigenvalue weighted by molar-refractivity contribution is -0.124. The van der Waals surface area contributed by atoms with Crippen molar-refractivity contribution in [1.82, 2.24) is 20.4 Å². The van der Waals surface area contributed by atoms with Gasteiger partial charge in [-0.15, -0.1) is 0 Å². The number of likely N-dealkylation sites (tertiary alicyclic amines) is 2. The molecule has 24 heavy (non-hydrogen) atoms. The molecule has 1 amide bonds. The number of halogens is 2. The minimum absolute atomic E-state index is 0.0102. The molecule has 5 nitrogen and oxygen atoms in total. The van der Waals surface area contributed by atoms with Gasteiger partial charge in [0.25, 0.3) is 5.92 Å². The second kappa shape index (κ2) is 7.22. The van der Waals surface area contributed by atoms with Gasteiger partial charge in [0.2, 0.25) is 5.91 Å². The number of hydrogen-bond donors (Lipinski definition) is 2. The van der Waals surface area contributed by atoms with E-state index >= 15 is 0 Å². The molecule has 1 unspecified atom stereocenters. The van der Waals surface area contributed by atoms with E-state index in [1.807, 2.05) is 0 Å². The van der Waals surface area contributed by atoms with E-state index in [1.165, 1.54) is 19.3 Å². The van der Waals surface area contributed by atoms with Crippen LogP contribution in [0.15, 0.2) is 0 Å². The highest BCUT2D eigenvalue weighted by Gasteiger charge is 2.44. The summed E-state index contributed by atoms with van der Waals surface area (Å²) in [7, 11) is 2.13. The quantitative estimate of drug-likeness (QED) is 0.800. The molecule has 0 spiro atoms. The second-order valence-electron chi connectivity index (χ2n) is 7.79. The van der Waals surface area contributed by atoms with E-state index in [0.717, 1.165) is 39.0 Å². The first kappa shape index (κ1) is 18.0. The summed E-state index contributed by atoms with van der Waals surface area (Å²) in [6, 6.07) is -0.760. The number of carbonyl (C=O) groups excluding carboxylic acids is 1. The highest BCUT2D eigenvalue weighted by Crippen LogP contribution is 2.31. The molecular weight excluding hydrogens is 314 g/mol. The van der Waals surface area contributed by atoms with Crippen molar-refractivity contribution < 1.29 is 13.6 Å². The van der Waals surface area contributed by atoms with Crippen molar-refractivity contribution in [2.75, 3.05) is 46.3 Å². The van der Waals surface area contributed by atoms with Crippen molar-refractivity contribution in [2.24, 2.45) is 0 Å². The van der Waals surface area contributed by atoms with E-state index in [4.69, 9.17) is 0 Å². The molecular formula is C17H30F2N4O. The summed E-state index contributed by atoms with van der Waals surface area (Å²) in [5.74, 6) is -3.04. The zero-order valence-electron chi connectivity index (χ0n) is 14.6. The molecule has 0 aromatic heterocycles. The van der Waals surface area contributed by atoms with E-state index < -0.39 is 24.9 Å². The van der Waals surface area contributed by atoms with E-state index in [2.05, 4.69) is 27.5 Å². The number of nitrogens with one attached hydrogen (secondary N) is 2. The Bertz CT molecular complexity index is 446. The van der Waals surface area contributed by atoms with Crippen LogP contribution < -0.4 is 10.6 Å². The van der Waals surface area contributed by atoms with Crippen molar-refractivity contribution in [3.05, 3.63) is 0 Å². The third-order valence-corrected chi connectivity index (χ3v) is 5.96. The van der Waals surface area contributed by atoms with Crippen LogP contribution in [0.2, 0.25) is 0 Å². The average Bonchev–Trinajstić information content (AvgIpc) is 2.95. The predicted octanol–water partition coefficient (Wildman–Crippen LogP) is 1.05. The summed E-state index contributed by atoms with van der Waals surface area (Å²) in [6.45, 7) is 4.38. The van der Waals surface area contributed by atoms with Gasteiger partial charge in [-0.1, -0.05) is 6.42 Å². The average molecular weight is 344 g/mol. The van der Waals surface area contributed by atoms with E-state index in [-0.39, 0.29) is 11.4 Å². The highest BCUT2D eigenvalue weighted by atomic mass is 19.3. The minimum atomic E-state index is -2.76. The van der Waals surface area contributed by atoms with Crippen LogP contribution in [-0.4, -0.2) is 79.5 Å². The number of carbonyl (C=O) groups is 1. The number of amides is 1. The van der Waals surface area contributed by atoms with Gasteiger partial charge in [0.15, 0.2) is 0 Å². The van der Waals surface area contributed by atoms with Crippen LogP contribution in [0.4, 0.5) is 8.78 Å². The summed E-state index contributed by atoms with van der Waals surface area (Å²) < 4.78 is 26.6. The van der Waals surface area contributed by atoms with Crippen LogP contribution in [0.5, 0.6) is 0 Å². The zero-order chi connectivity index (χ0) is 17.2. The van der Waals surface area contributed by atoms with Gasteiger partial charge < -0.3 is 10.2 Å². The molecule has 2 N–H and O–H groups in total. The Morgan fingerprint density at radius 3 is 2.42 bits per heavy atom. The first-order valence-corrected chi connectivity index (χ1v) is 9.23. The van der Waals surface area contributed by atoms with Gasteiger partial charge in [0.1, 0.15) is 0 Å². The van der Waals surface area contributed by atoms with Crippen molar-refractivity contribution in [2.45, 2.75) is 56.0 Å². The van der Waals surface area contributed by atoms with Crippen LogP contribution in [0.25, 0.3) is 0 Å². The largest absolute Gasteiger partial charge is 0.353 e. The van der Waals surface area contributed by atoms with Crippen molar-refractivity contribution in [3.63, 3.8) is 0 Å². The number of alkyl halides is 2. The van der Waals surface area contributed by atoms with Gasteiger partial charge in [-0.2, -0.15) is 0 Å². The van der Waals surface area contributed by atoms with Crippen molar-refractivity contribution in [1.29, 1.82) is 0 Å². The Morgan fingerprint density at radius 1 is 1.17 bits per heavy atom. The van der Waals surface area contributed by atoms with Crippen LogP contribution >= 0.6 is 0 Å². The molecule has 3 saturated heterocycles. The summed E-state index contributed by atoms with van der Waals surface area (Å²) in [5, 5.41) is 5.64. The molecule has 3 aliphatic rings. The van der Waals surface area contributed by atoms with Gasteiger partial charge in [0, 0.05) is 18.5 Å². The number of piperidine rings is 2. The van der Waals surface area contributed by atoms with Gasteiger partial charge in [0.05, 0.1) is 12.6 Å². The number of rotatable bonds is 4. The fourth-order valence-corrected chi connectivity index (χ4v) is 4.28. The molecule has 1 atom stereocenters. The van der Waals surface area contributed by atoms with E-state index in [0.29, 0.717) is 6.54 Å². The molecule has 0 aromatic carbocycles. The molecule has 0 bridgehead atoms. The van der Waals surface area contributed by atoms with Gasteiger partial charge in [-0.3, -0.25) is 15.0 Å². The third kappa shape index (κ3) is 4.06. The van der Waals surface area contributed by atoms with Gasteiger partial charge in [-0.25, -0.2) is 8.78 Å². The third-order valence-electron chi connectivity index (χ3n) is 5.96. The van der Waals surface area contributed by atoms with E-state index in [1.54, 1.807) is 0 Å². The summed E-state index contributed by atoms with van der Waals surface area (Å²) in [4.78, 5) is 17.2. The SMILES string of the molecule is CN1CCC(CNC(=O)C2CC(F)(F)CN2)(N2CCCCC2)CC1. The number of nitrogens with zero attached hydrogens (tertiary/aromatic N) is 2. The first-order chi connectivity index (χ1) is 11.4. The standard InChI is InChI=1S/C17H30F2N4O/c1-22-9-5-16(6-10-22,23-7-3-2-4-8-23)12-21-15(24)14-11-17(18,19)13-20-14/h14,20H,2-13H2,1H3,(H,21,24). The smallest absolute Gasteiger partial charge is 0.262 e. The molecule has 0 radical (unpaired) electrons. The highest BCUT2D eigenvalue weighted by molar-refractivity contribution is 5.82. The Balaban J connectivity index is 1.60. The molecule has 0 aliphatic carbocycles. The predicted molar refractivity (Wildman–Crippen MR) is 89.3 cm³/mol. The molecule has 3 fully saturated rings. The van der Waals surface area contributed by atoms with Gasteiger partial charge >= 0.3 is 0 Å². The van der Waals surface area contributed by atoms with Gasteiger partial charge in [-0.05, 0) is 58.9 Å². The van der Waals surface area contributed by atoms with Crippen molar-refractivity contribution >= 4 is 5.91 Å². The Labute approximate surface area is 143 Å². The fourth-order valence-electron chi connectivity index (χ4n) is 4.28. The maximum Gasteiger partial charge on any atom is 0.262 e. The molecule has 0 aromatic rings. The molecule has 138 valence electrons. The normalized spacial score (nSPS) is 31.0. The minimum Gasteiger partial charge on any atom is -0.353 e.